The first kappa shape index (κ1) is 15.4. The Morgan fingerprint density at radius 1 is 1.42 bits per heavy atom. The van der Waals surface area contributed by atoms with E-state index in [0.717, 1.165) is 0 Å². The molecule has 0 spiro atoms. The maximum absolute atomic E-state index is 12.7. The SMILES string of the molecule is CCC(C)(N)C(=O)N(C)CCOc1ccc(F)cc1. The van der Waals surface area contributed by atoms with Gasteiger partial charge in [0.15, 0.2) is 0 Å². The van der Waals surface area contributed by atoms with E-state index in [0.29, 0.717) is 25.3 Å². The lowest BCUT2D eigenvalue weighted by Crippen LogP contribution is -2.52. The monoisotopic (exact) mass is 268 g/mol. The molecule has 0 aliphatic heterocycles. The summed E-state index contributed by atoms with van der Waals surface area (Å²) in [6, 6.07) is 5.77. The third kappa shape index (κ3) is 4.52. The van der Waals surface area contributed by atoms with Crippen LogP contribution in [0.2, 0.25) is 0 Å². The van der Waals surface area contributed by atoms with Crippen LogP contribution in [-0.4, -0.2) is 36.5 Å². The molecule has 1 rings (SSSR count). The lowest BCUT2D eigenvalue weighted by Gasteiger charge is -2.28. The first-order valence-electron chi connectivity index (χ1n) is 6.29. The number of likely N-dealkylation sites (N-methyl/N-ethyl adjacent to an activating group) is 1. The minimum Gasteiger partial charge on any atom is -0.492 e. The number of rotatable bonds is 6. The summed E-state index contributed by atoms with van der Waals surface area (Å²) < 4.78 is 18.1. The lowest BCUT2D eigenvalue weighted by molar-refractivity contribution is -0.135. The Balaban J connectivity index is 2.40. The number of hydrogen-bond donors (Lipinski definition) is 1. The van der Waals surface area contributed by atoms with E-state index in [9.17, 15) is 9.18 Å². The highest BCUT2D eigenvalue weighted by Crippen LogP contribution is 2.12. The standard InChI is InChI=1S/C14H21FN2O2/c1-4-14(2,16)13(18)17(3)9-10-19-12-7-5-11(15)6-8-12/h5-8H,4,9-10,16H2,1-3H3. The largest absolute Gasteiger partial charge is 0.492 e. The zero-order valence-corrected chi connectivity index (χ0v) is 11.6. The normalized spacial score (nSPS) is 13.7. The Morgan fingerprint density at radius 3 is 2.53 bits per heavy atom. The fourth-order valence-electron chi connectivity index (χ4n) is 1.52. The Morgan fingerprint density at radius 2 is 2.00 bits per heavy atom. The number of carbonyl (C=O) groups is 1. The quantitative estimate of drug-likeness (QED) is 0.855. The molecule has 0 heterocycles. The topological polar surface area (TPSA) is 55.6 Å². The molecule has 106 valence electrons. The number of amides is 1. The molecule has 1 atom stereocenters. The van der Waals surface area contributed by atoms with Crippen molar-refractivity contribution in [2.24, 2.45) is 5.73 Å². The van der Waals surface area contributed by atoms with Crippen LogP contribution >= 0.6 is 0 Å². The van der Waals surface area contributed by atoms with Gasteiger partial charge in [0, 0.05) is 7.05 Å². The minimum atomic E-state index is -0.843. The number of halogens is 1. The van der Waals surface area contributed by atoms with Crippen molar-refractivity contribution in [3.63, 3.8) is 0 Å². The molecule has 1 amide bonds. The second-order valence-electron chi connectivity index (χ2n) is 4.80. The van der Waals surface area contributed by atoms with Crippen LogP contribution in [0.1, 0.15) is 20.3 Å². The zero-order chi connectivity index (χ0) is 14.5. The third-order valence-electron chi connectivity index (χ3n) is 3.08. The summed E-state index contributed by atoms with van der Waals surface area (Å²) in [5, 5.41) is 0. The highest BCUT2D eigenvalue weighted by molar-refractivity contribution is 5.85. The molecule has 4 nitrogen and oxygen atoms in total. The van der Waals surface area contributed by atoms with Crippen LogP contribution in [0.15, 0.2) is 24.3 Å². The van der Waals surface area contributed by atoms with Gasteiger partial charge >= 0.3 is 0 Å². The van der Waals surface area contributed by atoms with Crippen molar-refractivity contribution in [3.05, 3.63) is 30.1 Å². The van der Waals surface area contributed by atoms with Gasteiger partial charge in [-0.15, -0.1) is 0 Å². The molecule has 1 unspecified atom stereocenters. The molecule has 0 aliphatic carbocycles. The van der Waals surface area contributed by atoms with Crippen molar-refractivity contribution in [1.29, 1.82) is 0 Å². The number of nitrogens with two attached hydrogens (primary N) is 1. The Hall–Kier alpha value is -1.62. The van der Waals surface area contributed by atoms with Crippen LogP contribution in [0.25, 0.3) is 0 Å². The van der Waals surface area contributed by atoms with E-state index >= 15 is 0 Å². The van der Waals surface area contributed by atoms with Crippen LogP contribution in [0.3, 0.4) is 0 Å². The van der Waals surface area contributed by atoms with Crippen molar-refractivity contribution in [1.82, 2.24) is 4.90 Å². The van der Waals surface area contributed by atoms with Gasteiger partial charge in [-0.25, -0.2) is 4.39 Å². The number of benzene rings is 1. The van der Waals surface area contributed by atoms with Crippen LogP contribution in [0, 0.1) is 5.82 Å². The molecule has 0 fully saturated rings. The van der Waals surface area contributed by atoms with Crippen molar-refractivity contribution in [2.45, 2.75) is 25.8 Å². The van der Waals surface area contributed by atoms with Crippen LogP contribution in [-0.2, 0) is 4.79 Å². The van der Waals surface area contributed by atoms with Crippen LogP contribution in [0.4, 0.5) is 4.39 Å². The summed E-state index contributed by atoms with van der Waals surface area (Å²) in [5.41, 5.74) is 5.04. The molecular formula is C14H21FN2O2. The van der Waals surface area contributed by atoms with Crippen LogP contribution < -0.4 is 10.5 Å². The van der Waals surface area contributed by atoms with Gasteiger partial charge < -0.3 is 15.4 Å². The summed E-state index contributed by atoms with van der Waals surface area (Å²) >= 11 is 0. The summed E-state index contributed by atoms with van der Waals surface area (Å²) in [5.74, 6) is 0.160. The molecule has 1 aromatic rings. The molecule has 0 saturated heterocycles. The van der Waals surface area contributed by atoms with Crippen molar-refractivity contribution in [3.8, 4) is 5.75 Å². The highest BCUT2D eigenvalue weighted by Gasteiger charge is 2.28. The number of nitrogens with zero attached hydrogens (tertiary/aromatic N) is 1. The van der Waals surface area contributed by atoms with Gasteiger partial charge in [-0.1, -0.05) is 6.92 Å². The van der Waals surface area contributed by atoms with Gasteiger partial charge in [0.2, 0.25) is 5.91 Å². The predicted octanol–water partition coefficient (Wildman–Crippen LogP) is 1.79. The van der Waals surface area contributed by atoms with E-state index in [4.69, 9.17) is 10.5 Å². The average Bonchev–Trinajstić information content (AvgIpc) is 2.40. The van der Waals surface area contributed by atoms with Crippen LogP contribution in [0.5, 0.6) is 5.75 Å². The number of hydrogen-bond acceptors (Lipinski definition) is 3. The molecule has 0 radical (unpaired) electrons. The minimum absolute atomic E-state index is 0.113. The summed E-state index contributed by atoms with van der Waals surface area (Å²) in [4.78, 5) is 13.5. The Bertz CT molecular complexity index is 418. The van der Waals surface area contributed by atoms with E-state index in [1.165, 1.54) is 12.1 Å². The molecule has 0 aromatic heterocycles. The first-order valence-corrected chi connectivity index (χ1v) is 6.29. The fourth-order valence-corrected chi connectivity index (χ4v) is 1.52. The first-order chi connectivity index (χ1) is 8.86. The van der Waals surface area contributed by atoms with Gasteiger partial charge in [0.1, 0.15) is 18.2 Å². The van der Waals surface area contributed by atoms with E-state index in [1.54, 1.807) is 31.0 Å². The molecule has 0 bridgehead atoms. The fraction of sp³-hybridized carbons (Fsp3) is 0.500. The van der Waals surface area contributed by atoms with Gasteiger partial charge in [0.05, 0.1) is 12.1 Å². The smallest absolute Gasteiger partial charge is 0.242 e. The maximum atomic E-state index is 12.7. The van der Waals surface area contributed by atoms with Crippen molar-refractivity contribution >= 4 is 5.91 Å². The third-order valence-corrected chi connectivity index (χ3v) is 3.08. The number of carbonyl (C=O) groups excluding carboxylic acids is 1. The van der Waals surface area contributed by atoms with Crippen molar-refractivity contribution < 1.29 is 13.9 Å². The van der Waals surface area contributed by atoms with E-state index in [1.807, 2.05) is 6.92 Å². The second-order valence-corrected chi connectivity index (χ2v) is 4.80. The van der Waals surface area contributed by atoms with Gasteiger partial charge in [-0.3, -0.25) is 4.79 Å². The Labute approximate surface area is 113 Å². The predicted molar refractivity (Wildman–Crippen MR) is 72.4 cm³/mol. The lowest BCUT2D eigenvalue weighted by atomic mass is 9.99. The van der Waals surface area contributed by atoms with Gasteiger partial charge in [0.25, 0.3) is 0 Å². The summed E-state index contributed by atoms with van der Waals surface area (Å²) in [6.45, 7) is 4.37. The van der Waals surface area contributed by atoms with Gasteiger partial charge in [-0.05, 0) is 37.6 Å². The highest BCUT2D eigenvalue weighted by atomic mass is 19.1. The van der Waals surface area contributed by atoms with E-state index < -0.39 is 5.54 Å². The number of ether oxygens (including phenoxy) is 1. The molecule has 2 N–H and O–H groups in total. The maximum Gasteiger partial charge on any atom is 0.242 e. The summed E-state index contributed by atoms with van der Waals surface area (Å²) in [6.07, 6.45) is 0.578. The molecule has 0 saturated carbocycles. The van der Waals surface area contributed by atoms with Gasteiger partial charge in [-0.2, -0.15) is 0 Å². The molecule has 1 aromatic carbocycles. The second kappa shape index (κ2) is 6.52. The molecular weight excluding hydrogens is 247 g/mol. The van der Waals surface area contributed by atoms with E-state index in [2.05, 4.69) is 0 Å². The molecule has 19 heavy (non-hydrogen) atoms. The summed E-state index contributed by atoms with van der Waals surface area (Å²) in [7, 11) is 1.69. The molecule has 0 aliphatic rings. The van der Waals surface area contributed by atoms with E-state index in [-0.39, 0.29) is 11.7 Å². The molecule has 5 heteroatoms. The Kier molecular flexibility index (Phi) is 5.30. The van der Waals surface area contributed by atoms with Crippen molar-refractivity contribution in [2.75, 3.05) is 20.2 Å². The average molecular weight is 268 g/mol. The zero-order valence-electron chi connectivity index (χ0n) is 11.6.